The summed E-state index contributed by atoms with van der Waals surface area (Å²) in [6.07, 6.45) is 0.558. The van der Waals surface area contributed by atoms with Crippen molar-refractivity contribution in [1.29, 1.82) is 0 Å². The standard InChI is InChI=1S/C59H73ClFN9O9S/c1-35(79-58-66-52-46(55(67-58)69-21-17-62-18-22-69)30-47(60)50(51(52)61)45-28-41(71)27-40-9-7-8-10-44(40)45)31-68-19-15-43(16-20-68)78-26-25-76-23-24-77-33-49(73)65-54(59(4,5)6)57(75)70-32-42(72)29-48(70)56(74)64-36(2)38-11-13-39(14-12-38)53-37(3)63-34-80-53/h7-14,27-28,30,34-36,42-43,48,54,62,71-72H,15-26,29,31-33H2,1-6H3,(H,64,74)(H,65,73)/t35-,36+,42?,48?,54-/m1/s1. The molecule has 6 aromatic rings. The quantitative estimate of drug-likeness (QED) is 0.0443. The van der Waals surface area contributed by atoms with Crippen LogP contribution in [0.2, 0.25) is 5.02 Å². The fraction of sp³-hybridized carbons (Fsp3) is 0.492. The molecule has 3 aliphatic heterocycles. The Morgan fingerprint density at radius 3 is 2.38 bits per heavy atom. The van der Waals surface area contributed by atoms with Gasteiger partial charge < -0.3 is 54.9 Å². The number of piperidine rings is 1. The van der Waals surface area contributed by atoms with Crippen LogP contribution in [0.25, 0.3) is 43.2 Å². The number of thiazole rings is 1. The number of phenols is 1. The fourth-order valence-corrected chi connectivity index (χ4v) is 11.9. The highest BCUT2D eigenvalue weighted by molar-refractivity contribution is 7.13. The van der Waals surface area contributed by atoms with Crippen molar-refractivity contribution in [2.24, 2.45) is 5.41 Å². The number of β-amino-alcohol motifs (C(OH)–C–C–N with tert-alkyl or cyclic N) is 1. The van der Waals surface area contributed by atoms with E-state index in [0.717, 1.165) is 71.5 Å². The molecule has 0 saturated carbocycles. The number of nitrogens with one attached hydrogen (secondary N) is 3. The second kappa shape index (κ2) is 26.2. The van der Waals surface area contributed by atoms with Gasteiger partial charge in [-0.05, 0) is 84.7 Å². The van der Waals surface area contributed by atoms with Gasteiger partial charge in [0, 0.05) is 69.7 Å². The zero-order chi connectivity index (χ0) is 56.7. The number of halogens is 2. The Morgan fingerprint density at radius 2 is 1.65 bits per heavy atom. The van der Waals surface area contributed by atoms with E-state index in [0.29, 0.717) is 49.6 Å². The maximum absolute atomic E-state index is 17.0. The van der Waals surface area contributed by atoms with Gasteiger partial charge in [-0.25, -0.2) is 9.37 Å². The fourth-order valence-electron chi connectivity index (χ4n) is 10.8. The number of aliphatic hydroxyl groups excluding tert-OH is 1. The highest BCUT2D eigenvalue weighted by Gasteiger charge is 2.45. The number of carbonyl (C=O) groups is 3. The normalized spacial score (nSPS) is 18.6. The third-order valence-corrected chi connectivity index (χ3v) is 16.3. The second-order valence-electron chi connectivity index (χ2n) is 22.1. The largest absolute Gasteiger partial charge is 0.508 e. The van der Waals surface area contributed by atoms with Crippen LogP contribution >= 0.6 is 22.9 Å². The lowest BCUT2D eigenvalue weighted by atomic mass is 9.85. The number of likely N-dealkylation sites (tertiary alicyclic amines) is 2. The van der Waals surface area contributed by atoms with E-state index in [1.807, 2.05) is 95.6 Å². The molecule has 18 nitrogen and oxygen atoms in total. The summed E-state index contributed by atoms with van der Waals surface area (Å²) >= 11 is 8.47. The minimum absolute atomic E-state index is 0.00194. The average Bonchev–Trinajstić information content (AvgIpc) is 4.20. The molecule has 0 aliphatic carbocycles. The van der Waals surface area contributed by atoms with E-state index in [2.05, 4.69) is 35.7 Å². The smallest absolute Gasteiger partial charge is 0.319 e. The molecule has 428 valence electrons. The molecule has 80 heavy (non-hydrogen) atoms. The molecule has 9 rings (SSSR count). The molecule has 3 saturated heterocycles. The zero-order valence-corrected chi connectivity index (χ0v) is 47.9. The number of piperazine rings is 1. The van der Waals surface area contributed by atoms with Crippen LogP contribution in [0, 0.1) is 18.2 Å². The number of carbonyl (C=O) groups excluding carboxylic acids is 3. The minimum Gasteiger partial charge on any atom is -0.508 e. The number of ether oxygens (including phenoxy) is 4. The van der Waals surface area contributed by atoms with Crippen molar-refractivity contribution in [2.45, 2.75) is 97.2 Å². The van der Waals surface area contributed by atoms with Gasteiger partial charge in [0.2, 0.25) is 17.7 Å². The lowest BCUT2D eigenvalue weighted by Gasteiger charge is -2.35. The van der Waals surface area contributed by atoms with Gasteiger partial charge in [0.1, 0.15) is 41.9 Å². The number of hydrogen-bond acceptors (Lipinski definition) is 16. The lowest BCUT2D eigenvalue weighted by Crippen LogP contribution is -2.58. The summed E-state index contributed by atoms with van der Waals surface area (Å²) in [6, 6.07) is 18.1. The predicted molar refractivity (Wildman–Crippen MR) is 308 cm³/mol. The molecule has 0 bridgehead atoms. The first-order valence-corrected chi connectivity index (χ1v) is 28.8. The molecule has 0 radical (unpaired) electrons. The first-order valence-electron chi connectivity index (χ1n) is 27.5. The molecule has 2 aromatic heterocycles. The number of rotatable bonds is 21. The average molecular weight is 1140 g/mol. The van der Waals surface area contributed by atoms with Crippen molar-refractivity contribution in [1.82, 2.24) is 40.7 Å². The Labute approximate surface area is 475 Å². The molecule has 4 aromatic carbocycles. The van der Waals surface area contributed by atoms with Gasteiger partial charge >= 0.3 is 6.01 Å². The van der Waals surface area contributed by atoms with E-state index < -0.39 is 41.2 Å². The maximum Gasteiger partial charge on any atom is 0.319 e. The number of fused-ring (bicyclic) bond motifs is 2. The summed E-state index contributed by atoms with van der Waals surface area (Å²) in [5.74, 6) is -1.39. The first-order chi connectivity index (χ1) is 38.4. The number of aromatic hydroxyl groups is 1. The number of aliphatic hydroxyl groups is 1. The van der Waals surface area contributed by atoms with Crippen molar-refractivity contribution >= 4 is 68.2 Å². The van der Waals surface area contributed by atoms with E-state index in [9.17, 15) is 24.6 Å². The molecular formula is C59H73ClFN9O9S. The molecular weight excluding hydrogens is 1070 g/mol. The van der Waals surface area contributed by atoms with Crippen molar-refractivity contribution < 1.29 is 47.9 Å². The Kier molecular flexibility index (Phi) is 19.2. The van der Waals surface area contributed by atoms with Crippen molar-refractivity contribution in [3.63, 3.8) is 0 Å². The molecule has 3 fully saturated rings. The van der Waals surface area contributed by atoms with Crippen LogP contribution in [0.4, 0.5) is 10.2 Å². The van der Waals surface area contributed by atoms with Crippen LogP contribution in [-0.2, 0) is 28.6 Å². The minimum atomic E-state index is -0.985. The van der Waals surface area contributed by atoms with Crippen LogP contribution in [-0.4, -0.2) is 168 Å². The van der Waals surface area contributed by atoms with Gasteiger partial charge in [-0.1, -0.05) is 80.9 Å². The molecule has 3 aliphatic rings. The number of anilines is 1. The van der Waals surface area contributed by atoms with Crippen LogP contribution < -0.4 is 25.6 Å². The summed E-state index contributed by atoms with van der Waals surface area (Å²) in [4.78, 5) is 61.7. The molecule has 0 spiro atoms. The second-order valence-corrected chi connectivity index (χ2v) is 23.3. The van der Waals surface area contributed by atoms with Crippen LogP contribution in [0.5, 0.6) is 11.8 Å². The van der Waals surface area contributed by atoms with E-state index in [1.54, 1.807) is 23.5 Å². The topological polar surface area (TPSA) is 213 Å². The van der Waals surface area contributed by atoms with Crippen LogP contribution in [0.15, 0.2) is 72.2 Å². The first kappa shape index (κ1) is 58.6. The highest BCUT2D eigenvalue weighted by atomic mass is 35.5. The van der Waals surface area contributed by atoms with E-state index >= 15 is 4.39 Å². The van der Waals surface area contributed by atoms with Gasteiger partial charge in [-0.3, -0.25) is 19.3 Å². The van der Waals surface area contributed by atoms with Gasteiger partial charge in [-0.2, -0.15) is 9.97 Å². The lowest BCUT2D eigenvalue weighted by molar-refractivity contribution is -0.144. The molecule has 2 unspecified atom stereocenters. The maximum atomic E-state index is 17.0. The van der Waals surface area contributed by atoms with Crippen molar-refractivity contribution in [3.8, 4) is 33.3 Å². The van der Waals surface area contributed by atoms with Crippen molar-refractivity contribution in [2.75, 3.05) is 90.3 Å². The van der Waals surface area contributed by atoms with Gasteiger partial charge in [0.15, 0.2) is 5.82 Å². The van der Waals surface area contributed by atoms with E-state index in [4.69, 9.17) is 35.5 Å². The predicted octanol–water partition coefficient (Wildman–Crippen LogP) is 7.44. The number of phenolic OH excluding ortho intramolecular Hbond substituents is 1. The summed E-state index contributed by atoms with van der Waals surface area (Å²) in [5, 5.41) is 32.7. The Bertz CT molecular complexity index is 3130. The summed E-state index contributed by atoms with van der Waals surface area (Å²) in [5.41, 5.74) is 4.68. The number of aryl methyl sites for hydroxylation is 1. The Hall–Kier alpha value is -6.10. The van der Waals surface area contributed by atoms with Crippen molar-refractivity contribution in [3.05, 3.63) is 94.3 Å². The number of amides is 3. The number of hydrogen-bond donors (Lipinski definition) is 5. The van der Waals surface area contributed by atoms with Gasteiger partial charge in [0.05, 0.1) is 65.8 Å². The van der Waals surface area contributed by atoms with E-state index in [-0.39, 0.29) is 84.8 Å². The third kappa shape index (κ3) is 14.1. The highest BCUT2D eigenvalue weighted by Crippen LogP contribution is 2.43. The third-order valence-electron chi connectivity index (χ3n) is 15.0. The Morgan fingerprint density at radius 1 is 0.925 bits per heavy atom. The molecule has 3 amide bonds. The molecule has 21 heteroatoms. The SMILES string of the molecule is Cc1ncsc1-c1ccc([C@H](C)NC(=O)C2CC(O)CN2C(=O)[C@@H](NC(=O)COCCOCCOC2CCN(C[C@@H](C)Oc3nc(N4CCNCC4)c4cc(Cl)c(-c5cc(O)cc6ccccc56)c(F)c4n3)CC2)C(C)(C)C)cc1. The summed E-state index contributed by atoms with van der Waals surface area (Å²) in [7, 11) is 0. The van der Waals surface area contributed by atoms with E-state index in [1.165, 1.54) is 11.0 Å². The van der Waals surface area contributed by atoms with Crippen LogP contribution in [0.3, 0.4) is 0 Å². The van der Waals surface area contributed by atoms with Gasteiger partial charge in [-0.15, -0.1) is 11.3 Å². The Balaban J connectivity index is 0.693. The molecule has 5 atom stereocenters. The van der Waals surface area contributed by atoms with Crippen LogP contribution in [0.1, 0.15) is 71.2 Å². The van der Waals surface area contributed by atoms with Gasteiger partial charge in [0.25, 0.3) is 0 Å². The number of benzene rings is 4. The molecule has 5 N–H and O–H groups in total. The molecule has 5 heterocycles. The zero-order valence-electron chi connectivity index (χ0n) is 46.3. The number of aromatic nitrogens is 3. The number of nitrogens with zero attached hydrogens (tertiary/aromatic N) is 6. The summed E-state index contributed by atoms with van der Waals surface area (Å²) in [6.45, 7) is 17.1. The summed E-state index contributed by atoms with van der Waals surface area (Å²) < 4.78 is 40.9. The monoisotopic (exact) mass is 1140 g/mol.